The first-order valence-corrected chi connectivity index (χ1v) is 6.06. The molecule has 3 heteroatoms. The molecule has 0 bridgehead atoms. The van der Waals surface area contributed by atoms with Crippen LogP contribution in [0.1, 0.15) is 24.6 Å². The molecule has 0 unspecified atom stereocenters. The van der Waals surface area contributed by atoms with Crippen molar-refractivity contribution in [3.8, 4) is 5.75 Å². The van der Waals surface area contributed by atoms with Gasteiger partial charge in [-0.05, 0) is 38.0 Å². The Morgan fingerprint density at radius 3 is 2.94 bits per heavy atom. The van der Waals surface area contributed by atoms with Crippen LogP contribution in [0.2, 0.25) is 0 Å². The Morgan fingerprint density at radius 2 is 2.18 bits per heavy atom. The van der Waals surface area contributed by atoms with E-state index in [2.05, 4.69) is 23.5 Å². The SMILES string of the molecule is CCN=C1CCc2c1c1cc(O)ccc1n2C. The van der Waals surface area contributed by atoms with E-state index in [1.165, 1.54) is 22.5 Å². The lowest BCUT2D eigenvalue weighted by Gasteiger charge is -2.01. The van der Waals surface area contributed by atoms with Crippen LogP contribution in [-0.4, -0.2) is 21.9 Å². The summed E-state index contributed by atoms with van der Waals surface area (Å²) in [5.74, 6) is 0.327. The van der Waals surface area contributed by atoms with Gasteiger partial charge < -0.3 is 9.67 Å². The second kappa shape index (κ2) is 3.62. The molecule has 1 heterocycles. The van der Waals surface area contributed by atoms with Crippen molar-refractivity contribution >= 4 is 16.6 Å². The van der Waals surface area contributed by atoms with Crippen LogP contribution in [0.5, 0.6) is 5.75 Å². The Balaban J connectivity index is 2.36. The zero-order chi connectivity index (χ0) is 12.0. The molecular formula is C14H16N2O. The van der Waals surface area contributed by atoms with E-state index >= 15 is 0 Å². The Hall–Kier alpha value is -1.77. The minimum atomic E-state index is 0.327. The average Bonchev–Trinajstić information content (AvgIpc) is 2.82. The normalized spacial score (nSPS) is 16.9. The average molecular weight is 228 g/mol. The third-order valence-electron chi connectivity index (χ3n) is 3.54. The molecule has 0 spiro atoms. The summed E-state index contributed by atoms with van der Waals surface area (Å²) >= 11 is 0. The molecule has 1 aromatic heterocycles. The summed E-state index contributed by atoms with van der Waals surface area (Å²) in [4.78, 5) is 4.58. The number of fused-ring (bicyclic) bond motifs is 3. The van der Waals surface area contributed by atoms with Crippen LogP contribution in [0.4, 0.5) is 0 Å². The Kier molecular flexibility index (Phi) is 2.21. The second-order valence-electron chi connectivity index (χ2n) is 4.50. The van der Waals surface area contributed by atoms with Crippen molar-refractivity contribution in [2.75, 3.05) is 6.54 Å². The van der Waals surface area contributed by atoms with Crippen LogP contribution < -0.4 is 0 Å². The van der Waals surface area contributed by atoms with E-state index in [-0.39, 0.29) is 0 Å². The highest BCUT2D eigenvalue weighted by Crippen LogP contribution is 2.34. The first-order valence-electron chi connectivity index (χ1n) is 6.06. The van der Waals surface area contributed by atoms with Crippen LogP contribution in [0, 0.1) is 0 Å². The van der Waals surface area contributed by atoms with Crippen molar-refractivity contribution < 1.29 is 5.11 Å². The number of phenols is 1. The maximum Gasteiger partial charge on any atom is 0.116 e. The Morgan fingerprint density at radius 1 is 1.35 bits per heavy atom. The molecule has 0 atom stereocenters. The van der Waals surface area contributed by atoms with E-state index < -0.39 is 0 Å². The van der Waals surface area contributed by atoms with Crippen LogP contribution in [0.3, 0.4) is 0 Å². The van der Waals surface area contributed by atoms with Crippen molar-refractivity contribution in [2.24, 2.45) is 12.0 Å². The number of hydrogen-bond acceptors (Lipinski definition) is 2. The highest BCUT2D eigenvalue weighted by molar-refractivity contribution is 6.14. The standard InChI is InChI=1S/C14H16N2O/c1-3-15-11-5-7-13-14(11)10-8-9(17)4-6-12(10)16(13)2/h4,6,8,17H,3,5,7H2,1-2H3. The second-order valence-corrected chi connectivity index (χ2v) is 4.50. The van der Waals surface area contributed by atoms with Crippen LogP contribution in [0.25, 0.3) is 10.9 Å². The quantitative estimate of drug-likeness (QED) is 0.800. The molecule has 17 heavy (non-hydrogen) atoms. The fourth-order valence-electron chi connectivity index (χ4n) is 2.81. The van der Waals surface area contributed by atoms with E-state index in [1.54, 1.807) is 6.07 Å². The number of aromatic hydroxyl groups is 1. The van der Waals surface area contributed by atoms with E-state index in [9.17, 15) is 5.11 Å². The smallest absolute Gasteiger partial charge is 0.116 e. The summed E-state index contributed by atoms with van der Waals surface area (Å²) in [5.41, 5.74) is 4.97. The highest BCUT2D eigenvalue weighted by Gasteiger charge is 2.25. The predicted octanol–water partition coefficient (Wildman–Crippen LogP) is 2.64. The number of rotatable bonds is 1. The molecule has 3 rings (SSSR count). The van der Waals surface area contributed by atoms with Crippen molar-refractivity contribution in [1.82, 2.24) is 4.57 Å². The molecule has 2 aromatic rings. The Labute approximate surface area is 100 Å². The molecule has 88 valence electrons. The summed E-state index contributed by atoms with van der Waals surface area (Å²) in [6.07, 6.45) is 2.08. The summed E-state index contributed by atoms with van der Waals surface area (Å²) < 4.78 is 2.22. The molecular weight excluding hydrogens is 212 g/mol. The summed E-state index contributed by atoms with van der Waals surface area (Å²) in [6.45, 7) is 2.89. The van der Waals surface area contributed by atoms with Gasteiger partial charge in [-0.15, -0.1) is 0 Å². The van der Waals surface area contributed by atoms with Gasteiger partial charge in [-0.1, -0.05) is 0 Å². The molecule has 0 aliphatic heterocycles. The molecule has 0 radical (unpaired) electrons. The molecule has 0 amide bonds. The summed E-state index contributed by atoms with van der Waals surface area (Å²) in [5, 5.41) is 10.8. The van der Waals surface area contributed by atoms with E-state index in [0.717, 1.165) is 24.8 Å². The largest absolute Gasteiger partial charge is 0.508 e. The maximum atomic E-state index is 9.64. The molecule has 0 saturated heterocycles. The van der Waals surface area contributed by atoms with Crippen molar-refractivity contribution in [3.05, 3.63) is 29.5 Å². The molecule has 3 nitrogen and oxygen atoms in total. The van der Waals surface area contributed by atoms with Gasteiger partial charge in [0.2, 0.25) is 0 Å². The fraction of sp³-hybridized carbons (Fsp3) is 0.357. The predicted molar refractivity (Wildman–Crippen MR) is 70.0 cm³/mol. The first kappa shape index (κ1) is 10.4. The van der Waals surface area contributed by atoms with Gasteiger partial charge in [0.1, 0.15) is 5.75 Å². The highest BCUT2D eigenvalue weighted by atomic mass is 16.3. The summed E-state index contributed by atoms with van der Waals surface area (Å²) in [7, 11) is 2.09. The number of aromatic nitrogens is 1. The minimum Gasteiger partial charge on any atom is -0.508 e. The van der Waals surface area contributed by atoms with Crippen molar-refractivity contribution in [3.63, 3.8) is 0 Å². The van der Waals surface area contributed by atoms with E-state index in [1.807, 2.05) is 12.1 Å². The van der Waals surface area contributed by atoms with Gasteiger partial charge in [0.05, 0.1) is 0 Å². The van der Waals surface area contributed by atoms with Crippen molar-refractivity contribution in [1.29, 1.82) is 0 Å². The number of phenolic OH excluding ortho intramolecular Hbond substituents is 1. The monoisotopic (exact) mass is 228 g/mol. The van der Waals surface area contributed by atoms with Gasteiger partial charge >= 0.3 is 0 Å². The van der Waals surface area contributed by atoms with Gasteiger partial charge in [0, 0.05) is 41.5 Å². The van der Waals surface area contributed by atoms with Gasteiger partial charge in [-0.2, -0.15) is 0 Å². The minimum absolute atomic E-state index is 0.327. The lowest BCUT2D eigenvalue weighted by Crippen LogP contribution is -1.94. The van der Waals surface area contributed by atoms with Gasteiger partial charge in [0.25, 0.3) is 0 Å². The number of nitrogens with zero attached hydrogens (tertiary/aromatic N) is 2. The number of aliphatic imine (C=N–C) groups is 1. The molecule has 1 aliphatic rings. The maximum absolute atomic E-state index is 9.64. The van der Waals surface area contributed by atoms with Crippen LogP contribution in [-0.2, 0) is 13.5 Å². The first-order chi connectivity index (χ1) is 8.22. The van der Waals surface area contributed by atoms with E-state index in [0.29, 0.717) is 5.75 Å². The van der Waals surface area contributed by atoms with E-state index in [4.69, 9.17) is 0 Å². The fourth-order valence-corrected chi connectivity index (χ4v) is 2.81. The van der Waals surface area contributed by atoms with Gasteiger partial charge in [-0.3, -0.25) is 4.99 Å². The van der Waals surface area contributed by atoms with Crippen molar-refractivity contribution in [2.45, 2.75) is 19.8 Å². The molecule has 1 N–H and O–H groups in total. The lowest BCUT2D eigenvalue weighted by molar-refractivity contribution is 0.476. The summed E-state index contributed by atoms with van der Waals surface area (Å²) in [6, 6.07) is 5.57. The molecule has 0 fully saturated rings. The molecule has 1 aromatic carbocycles. The van der Waals surface area contributed by atoms with Crippen LogP contribution in [0.15, 0.2) is 23.2 Å². The third kappa shape index (κ3) is 1.38. The Bertz CT molecular complexity index is 623. The zero-order valence-electron chi connectivity index (χ0n) is 10.2. The third-order valence-corrected chi connectivity index (χ3v) is 3.54. The van der Waals surface area contributed by atoms with Gasteiger partial charge in [-0.25, -0.2) is 0 Å². The topological polar surface area (TPSA) is 37.5 Å². The van der Waals surface area contributed by atoms with Gasteiger partial charge in [0.15, 0.2) is 0 Å². The number of aryl methyl sites for hydroxylation is 1. The molecule has 0 saturated carbocycles. The zero-order valence-corrected chi connectivity index (χ0v) is 10.2. The van der Waals surface area contributed by atoms with Crippen LogP contribution >= 0.6 is 0 Å². The number of benzene rings is 1. The number of hydrogen-bond donors (Lipinski definition) is 1. The lowest BCUT2D eigenvalue weighted by atomic mass is 10.1. The molecule has 1 aliphatic carbocycles.